The van der Waals surface area contributed by atoms with Crippen molar-refractivity contribution >= 4 is 5.91 Å². The normalized spacial score (nSPS) is 23.1. The van der Waals surface area contributed by atoms with Crippen molar-refractivity contribution in [3.63, 3.8) is 0 Å². The first-order valence-electron chi connectivity index (χ1n) is 7.07. The Kier molecular flexibility index (Phi) is 4.53. The third-order valence-electron chi connectivity index (χ3n) is 3.93. The van der Waals surface area contributed by atoms with Crippen molar-refractivity contribution < 1.29 is 4.79 Å². The van der Waals surface area contributed by atoms with Gasteiger partial charge in [-0.3, -0.25) is 9.78 Å². The van der Waals surface area contributed by atoms with Crippen molar-refractivity contribution in [1.82, 2.24) is 15.6 Å². The number of carbonyl (C=O) groups excluding carboxylic acids is 1. The zero-order valence-electron chi connectivity index (χ0n) is 11.8. The second kappa shape index (κ2) is 6.15. The number of carbonyl (C=O) groups is 1. The summed E-state index contributed by atoms with van der Waals surface area (Å²) in [6.07, 6.45) is 4.74. The molecular weight excluding hydrogens is 238 g/mol. The van der Waals surface area contributed by atoms with E-state index < -0.39 is 0 Å². The smallest absolute Gasteiger partial charge is 0.227 e. The van der Waals surface area contributed by atoms with E-state index in [4.69, 9.17) is 0 Å². The summed E-state index contributed by atoms with van der Waals surface area (Å²) in [6, 6.07) is 4.01. The standard InChI is InChI=1S/C15H23N3O/c1-3-12-6-4-9-17-13(12)10-18-14(19)15(2)7-5-8-16-11-15/h4,6,9,16H,3,5,7-8,10-11H2,1-2H3,(H,18,19). The number of hydrogen-bond acceptors (Lipinski definition) is 3. The van der Waals surface area contributed by atoms with Gasteiger partial charge in [-0.25, -0.2) is 0 Å². The summed E-state index contributed by atoms with van der Waals surface area (Å²) < 4.78 is 0. The average molecular weight is 261 g/mol. The highest BCUT2D eigenvalue weighted by Gasteiger charge is 2.34. The summed E-state index contributed by atoms with van der Waals surface area (Å²) in [6.45, 7) is 6.45. The van der Waals surface area contributed by atoms with Gasteiger partial charge in [0, 0.05) is 12.7 Å². The minimum absolute atomic E-state index is 0.132. The lowest BCUT2D eigenvalue weighted by molar-refractivity contribution is -0.131. The first-order chi connectivity index (χ1) is 9.15. The number of aromatic nitrogens is 1. The second-order valence-electron chi connectivity index (χ2n) is 5.49. The van der Waals surface area contributed by atoms with Gasteiger partial charge in [-0.05, 0) is 44.4 Å². The van der Waals surface area contributed by atoms with Gasteiger partial charge in [0.25, 0.3) is 0 Å². The minimum Gasteiger partial charge on any atom is -0.350 e. The molecular formula is C15H23N3O. The highest BCUT2D eigenvalue weighted by atomic mass is 16.2. The van der Waals surface area contributed by atoms with E-state index in [0.717, 1.165) is 38.0 Å². The molecule has 4 heteroatoms. The second-order valence-corrected chi connectivity index (χ2v) is 5.49. The van der Waals surface area contributed by atoms with Crippen LogP contribution in [0.1, 0.15) is 37.9 Å². The van der Waals surface area contributed by atoms with Crippen molar-refractivity contribution in [3.05, 3.63) is 29.6 Å². The largest absolute Gasteiger partial charge is 0.350 e. The molecule has 1 aromatic rings. The van der Waals surface area contributed by atoms with E-state index in [1.54, 1.807) is 6.20 Å². The van der Waals surface area contributed by atoms with Gasteiger partial charge >= 0.3 is 0 Å². The van der Waals surface area contributed by atoms with E-state index >= 15 is 0 Å². The molecule has 1 aliphatic heterocycles. The number of pyridine rings is 1. The highest BCUT2D eigenvalue weighted by molar-refractivity contribution is 5.82. The van der Waals surface area contributed by atoms with E-state index in [2.05, 4.69) is 28.6 Å². The molecule has 2 rings (SSSR count). The number of amides is 1. The molecule has 104 valence electrons. The van der Waals surface area contributed by atoms with Crippen LogP contribution < -0.4 is 10.6 Å². The summed E-state index contributed by atoms with van der Waals surface area (Å²) >= 11 is 0. The van der Waals surface area contributed by atoms with E-state index in [9.17, 15) is 4.79 Å². The summed E-state index contributed by atoms with van der Waals surface area (Å²) in [5.74, 6) is 0.132. The summed E-state index contributed by atoms with van der Waals surface area (Å²) in [4.78, 5) is 16.7. The monoisotopic (exact) mass is 261 g/mol. The Morgan fingerprint density at radius 2 is 2.42 bits per heavy atom. The zero-order valence-corrected chi connectivity index (χ0v) is 11.8. The maximum absolute atomic E-state index is 12.3. The molecule has 0 bridgehead atoms. The molecule has 0 aliphatic carbocycles. The number of hydrogen-bond donors (Lipinski definition) is 2. The molecule has 1 fully saturated rings. The van der Waals surface area contributed by atoms with Gasteiger partial charge in [0.15, 0.2) is 0 Å². The molecule has 0 radical (unpaired) electrons. The lowest BCUT2D eigenvalue weighted by Gasteiger charge is -2.32. The fraction of sp³-hybridized carbons (Fsp3) is 0.600. The SMILES string of the molecule is CCc1cccnc1CNC(=O)C1(C)CCCNC1. The Bertz CT molecular complexity index is 439. The molecule has 0 aromatic carbocycles. The van der Waals surface area contributed by atoms with Gasteiger partial charge in [0.2, 0.25) is 5.91 Å². The van der Waals surface area contributed by atoms with Crippen molar-refractivity contribution in [2.75, 3.05) is 13.1 Å². The Balaban J connectivity index is 1.96. The van der Waals surface area contributed by atoms with E-state index in [0.29, 0.717) is 6.54 Å². The zero-order chi connectivity index (χ0) is 13.7. The first-order valence-corrected chi connectivity index (χ1v) is 7.07. The van der Waals surface area contributed by atoms with Crippen LogP contribution in [0.25, 0.3) is 0 Å². The molecule has 0 saturated carbocycles. The van der Waals surface area contributed by atoms with Crippen LogP contribution >= 0.6 is 0 Å². The summed E-state index contributed by atoms with van der Waals surface area (Å²) in [5.41, 5.74) is 1.90. The van der Waals surface area contributed by atoms with Crippen LogP contribution in [0.15, 0.2) is 18.3 Å². The molecule has 1 atom stereocenters. The third-order valence-corrected chi connectivity index (χ3v) is 3.93. The number of nitrogens with zero attached hydrogens (tertiary/aromatic N) is 1. The van der Waals surface area contributed by atoms with Gasteiger partial charge in [0.05, 0.1) is 17.7 Å². The first kappa shape index (κ1) is 14.0. The van der Waals surface area contributed by atoms with Crippen LogP contribution in [0.5, 0.6) is 0 Å². The predicted octanol–water partition coefficient (Wildman–Crippen LogP) is 1.65. The van der Waals surface area contributed by atoms with E-state index in [-0.39, 0.29) is 11.3 Å². The lowest BCUT2D eigenvalue weighted by Crippen LogP contribution is -2.48. The molecule has 2 heterocycles. The molecule has 19 heavy (non-hydrogen) atoms. The molecule has 4 nitrogen and oxygen atoms in total. The molecule has 1 saturated heterocycles. The predicted molar refractivity (Wildman–Crippen MR) is 75.7 cm³/mol. The Hall–Kier alpha value is -1.42. The number of rotatable bonds is 4. The molecule has 1 aliphatic rings. The van der Waals surface area contributed by atoms with Crippen molar-refractivity contribution in [2.24, 2.45) is 5.41 Å². The van der Waals surface area contributed by atoms with E-state index in [1.807, 2.05) is 13.0 Å². The van der Waals surface area contributed by atoms with E-state index in [1.165, 1.54) is 5.56 Å². The van der Waals surface area contributed by atoms with Crippen LogP contribution in [-0.4, -0.2) is 24.0 Å². The quantitative estimate of drug-likeness (QED) is 0.866. The summed E-state index contributed by atoms with van der Waals surface area (Å²) in [7, 11) is 0. The van der Waals surface area contributed by atoms with Gasteiger partial charge < -0.3 is 10.6 Å². The van der Waals surface area contributed by atoms with Crippen molar-refractivity contribution in [1.29, 1.82) is 0 Å². The molecule has 2 N–H and O–H groups in total. The summed E-state index contributed by atoms with van der Waals surface area (Å²) in [5, 5.41) is 6.34. The van der Waals surface area contributed by atoms with Crippen LogP contribution in [0.3, 0.4) is 0 Å². The van der Waals surface area contributed by atoms with Gasteiger partial charge in [-0.2, -0.15) is 0 Å². The molecule has 1 aromatic heterocycles. The van der Waals surface area contributed by atoms with Gasteiger partial charge in [0.1, 0.15) is 0 Å². The maximum Gasteiger partial charge on any atom is 0.227 e. The van der Waals surface area contributed by atoms with Crippen LogP contribution in [0.2, 0.25) is 0 Å². The number of aryl methyl sites for hydroxylation is 1. The van der Waals surface area contributed by atoms with Crippen LogP contribution in [0, 0.1) is 5.41 Å². The Labute approximate surface area is 115 Å². The lowest BCUT2D eigenvalue weighted by atomic mass is 9.82. The number of piperidine rings is 1. The number of nitrogens with one attached hydrogen (secondary N) is 2. The molecule has 0 spiro atoms. The van der Waals surface area contributed by atoms with Crippen LogP contribution in [-0.2, 0) is 17.8 Å². The molecule has 1 unspecified atom stereocenters. The topological polar surface area (TPSA) is 54.0 Å². The molecule has 1 amide bonds. The van der Waals surface area contributed by atoms with Crippen LogP contribution in [0.4, 0.5) is 0 Å². The average Bonchev–Trinajstić information content (AvgIpc) is 2.45. The fourth-order valence-electron chi connectivity index (χ4n) is 2.58. The van der Waals surface area contributed by atoms with Gasteiger partial charge in [-0.15, -0.1) is 0 Å². The fourth-order valence-corrected chi connectivity index (χ4v) is 2.58. The van der Waals surface area contributed by atoms with Crippen molar-refractivity contribution in [3.8, 4) is 0 Å². The highest BCUT2D eigenvalue weighted by Crippen LogP contribution is 2.25. The maximum atomic E-state index is 12.3. The minimum atomic E-state index is -0.278. The van der Waals surface area contributed by atoms with Gasteiger partial charge in [-0.1, -0.05) is 13.0 Å². The Morgan fingerprint density at radius 3 is 3.11 bits per heavy atom. The Morgan fingerprint density at radius 1 is 1.58 bits per heavy atom. The third kappa shape index (κ3) is 3.32. The van der Waals surface area contributed by atoms with Crippen molar-refractivity contribution in [2.45, 2.75) is 39.7 Å².